The van der Waals surface area contributed by atoms with Gasteiger partial charge in [-0.15, -0.1) is 0 Å². The van der Waals surface area contributed by atoms with Crippen LogP contribution in [-0.2, 0) is 11.3 Å². The van der Waals surface area contributed by atoms with E-state index in [1.807, 2.05) is 29.2 Å². The summed E-state index contributed by atoms with van der Waals surface area (Å²) in [5.74, 6) is 1.31. The summed E-state index contributed by atoms with van der Waals surface area (Å²) in [5.41, 5.74) is 7.88. The number of amides is 2. The van der Waals surface area contributed by atoms with Crippen LogP contribution < -0.4 is 20.5 Å². The molecular weight excluding hydrogens is 394 g/mol. The second-order valence-corrected chi connectivity index (χ2v) is 9.06. The van der Waals surface area contributed by atoms with Gasteiger partial charge in [-0.25, -0.2) is 0 Å². The third kappa shape index (κ3) is 5.17. The van der Waals surface area contributed by atoms with Crippen molar-refractivity contribution in [3.05, 3.63) is 53.6 Å². The van der Waals surface area contributed by atoms with Gasteiger partial charge in [-0.05, 0) is 60.7 Å². The van der Waals surface area contributed by atoms with E-state index in [-0.39, 0.29) is 29.9 Å². The molecule has 0 spiro atoms. The first-order valence-electron chi connectivity index (χ1n) is 10.6. The summed E-state index contributed by atoms with van der Waals surface area (Å²) >= 11 is 0. The Bertz CT molecular complexity index is 985. The summed E-state index contributed by atoms with van der Waals surface area (Å²) < 4.78 is 10.6. The van der Waals surface area contributed by atoms with Crippen molar-refractivity contribution in [2.24, 2.45) is 17.1 Å². The number of nitrogens with zero attached hydrogens (tertiary/aromatic N) is 1. The molecule has 7 heteroatoms. The fourth-order valence-corrected chi connectivity index (χ4v) is 3.59. The standard InChI is InChI=1S/C24H29N3O4/c1-24(2,13-25)14-27(23(29)17-6-7-17)12-16-4-3-5-19(10-16)26-22(28)18-8-9-20-21(11-18)31-15-30-20/h3-5,8-11,17H,6-7,12-15,25H2,1-2H3,(H,26,28). The number of fused-ring (bicyclic) bond motifs is 1. The maximum Gasteiger partial charge on any atom is 0.255 e. The highest BCUT2D eigenvalue weighted by molar-refractivity contribution is 6.04. The lowest BCUT2D eigenvalue weighted by molar-refractivity contribution is -0.134. The van der Waals surface area contributed by atoms with Crippen molar-refractivity contribution < 1.29 is 19.1 Å². The van der Waals surface area contributed by atoms with Crippen LogP contribution in [0.4, 0.5) is 5.69 Å². The Hall–Kier alpha value is -3.06. The lowest BCUT2D eigenvalue weighted by Crippen LogP contribution is -2.42. The average molecular weight is 424 g/mol. The predicted octanol–water partition coefficient (Wildman–Crippen LogP) is 3.39. The molecule has 2 aromatic carbocycles. The highest BCUT2D eigenvalue weighted by atomic mass is 16.7. The van der Waals surface area contributed by atoms with Gasteiger partial charge in [-0.3, -0.25) is 9.59 Å². The van der Waals surface area contributed by atoms with Gasteiger partial charge >= 0.3 is 0 Å². The molecule has 4 rings (SSSR count). The average Bonchev–Trinajstić information content (AvgIpc) is 3.49. The van der Waals surface area contributed by atoms with Crippen LogP contribution >= 0.6 is 0 Å². The summed E-state index contributed by atoms with van der Waals surface area (Å²) in [6.07, 6.45) is 1.92. The Labute approximate surface area is 182 Å². The number of carbonyl (C=O) groups is 2. The molecule has 1 aliphatic carbocycles. The fourth-order valence-electron chi connectivity index (χ4n) is 3.59. The number of ether oxygens (including phenoxy) is 2. The van der Waals surface area contributed by atoms with Gasteiger partial charge in [0.15, 0.2) is 11.5 Å². The van der Waals surface area contributed by atoms with Crippen LogP contribution in [0.15, 0.2) is 42.5 Å². The molecule has 1 fully saturated rings. The second-order valence-electron chi connectivity index (χ2n) is 9.06. The summed E-state index contributed by atoms with van der Waals surface area (Å²) in [5, 5.41) is 2.93. The molecule has 0 bridgehead atoms. The Morgan fingerprint density at radius 3 is 2.65 bits per heavy atom. The van der Waals surface area contributed by atoms with Gasteiger partial charge in [0.2, 0.25) is 12.7 Å². The predicted molar refractivity (Wildman–Crippen MR) is 118 cm³/mol. The van der Waals surface area contributed by atoms with Gasteiger partial charge in [0.25, 0.3) is 5.91 Å². The number of anilines is 1. The summed E-state index contributed by atoms with van der Waals surface area (Å²) in [4.78, 5) is 27.4. The number of benzene rings is 2. The van der Waals surface area contributed by atoms with Gasteiger partial charge < -0.3 is 25.4 Å². The van der Waals surface area contributed by atoms with Crippen molar-refractivity contribution >= 4 is 17.5 Å². The van der Waals surface area contributed by atoms with E-state index in [1.54, 1.807) is 18.2 Å². The van der Waals surface area contributed by atoms with Crippen molar-refractivity contribution in [3.63, 3.8) is 0 Å². The first kappa shape index (κ1) is 21.2. The number of nitrogens with two attached hydrogens (primary N) is 1. The fraction of sp³-hybridized carbons (Fsp3) is 0.417. The Kier molecular flexibility index (Phi) is 5.87. The zero-order valence-electron chi connectivity index (χ0n) is 18.0. The zero-order chi connectivity index (χ0) is 22.0. The molecule has 1 saturated carbocycles. The normalized spacial score (nSPS) is 14.9. The van der Waals surface area contributed by atoms with Crippen molar-refractivity contribution in [1.82, 2.24) is 4.90 Å². The monoisotopic (exact) mass is 423 g/mol. The summed E-state index contributed by atoms with van der Waals surface area (Å²) in [7, 11) is 0. The smallest absolute Gasteiger partial charge is 0.255 e. The maximum absolute atomic E-state index is 12.8. The van der Waals surface area contributed by atoms with Crippen LogP contribution in [0.3, 0.4) is 0 Å². The number of hydrogen-bond acceptors (Lipinski definition) is 5. The molecule has 0 radical (unpaired) electrons. The Morgan fingerprint density at radius 1 is 1.13 bits per heavy atom. The molecule has 31 heavy (non-hydrogen) atoms. The quantitative estimate of drug-likeness (QED) is 0.679. The molecule has 2 aliphatic rings. The van der Waals surface area contributed by atoms with Gasteiger partial charge in [0.05, 0.1) is 0 Å². The van der Waals surface area contributed by atoms with E-state index in [4.69, 9.17) is 15.2 Å². The molecule has 1 aliphatic heterocycles. The van der Waals surface area contributed by atoms with Crippen molar-refractivity contribution in [2.75, 3.05) is 25.2 Å². The van der Waals surface area contributed by atoms with E-state index in [1.165, 1.54) is 0 Å². The SMILES string of the molecule is CC(C)(CN)CN(Cc1cccc(NC(=O)c2ccc3c(c2)OCO3)c1)C(=O)C1CC1. The third-order valence-corrected chi connectivity index (χ3v) is 5.60. The molecule has 0 saturated heterocycles. The molecule has 1 heterocycles. The van der Waals surface area contributed by atoms with Gasteiger partial charge in [0.1, 0.15) is 0 Å². The molecule has 3 N–H and O–H groups in total. The Balaban J connectivity index is 1.46. The van der Waals surface area contributed by atoms with Gasteiger partial charge in [-0.2, -0.15) is 0 Å². The summed E-state index contributed by atoms with van der Waals surface area (Å²) in [6, 6.07) is 12.7. The highest BCUT2D eigenvalue weighted by Gasteiger charge is 2.35. The van der Waals surface area contributed by atoms with E-state index >= 15 is 0 Å². The number of carbonyl (C=O) groups excluding carboxylic acids is 2. The van der Waals surface area contributed by atoms with Crippen LogP contribution in [0.1, 0.15) is 42.6 Å². The van der Waals surface area contributed by atoms with Gasteiger partial charge in [0, 0.05) is 30.3 Å². The number of rotatable bonds is 8. The largest absolute Gasteiger partial charge is 0.454 e. The number of hydrogen-bond donors (Lipinski definition) is 2. The highest BCUT2D eigenvalue weighted by Crippen LogP contribution is 2.34. The molecule has 7 nitrogen and oxygen atoms in total. The molecule has 0 unspecified atom stereocenters. The molecular formula is C24H29N3O4. The van der Waals surface area contributed by atoms with Crippen molar-refractivity contribution in [2.45, 2.75) is 33.2 Å². The molecule has 0 atom stereocenters. The summed E-state index contributed by atoms with van der Waals surface area (Å²) in [6.45, 7) is 5.91. The van der Waals surface area contributed by atoms with Crippen LogP contribution in [0.5, 0.6) is 11.5 Å². The first-order chi connectivity index (χ1) is 14.8. The maximum atomic E-state index is 12.8. The molecule has 2 amide bonds. The van der Waals surface area contributed by atoms with Crippen molar-refractivity contribution in [1.29, 1.82) is 0 Å². The van der Waals surface area contributed by atoms with Crippen LogP contribution in [0, 0.1) is 11.3 Å². The van der Waals surface area contributed by atoms with E-state index in [0.717, 1.165) is 18.4 Å². The van der Waals surface area contributed by atoms with E-state index < -0.39 is 0 Å². The third-order valence-electron chi connectivity index (χ3n) is 5.60. The van der Waals surface area contributed by atoms with Crippen molar-refractivity contribution in [3.8, 4) is 11.5 Å². The second kappa shape index (κ2) is 8.59. The lowest BCUT2D eigenvalue weighted by Gasteiger charge is -2.32. The van der Waals surface area contributed by atoms with E-state index in [9.17, 15) is 9.59 Å². The minimum atomic E-state index is -0.231. The lowest BCUT2D eigenvalue weighted by atomic mass is 9.92. The minimum absolute atomic E-state index is 0.141. The molecule has 164 valence electrons. The minimum Gasteiger partial charge on any atom is -0.454 e. The first-order valence-corrected chi connectivity index (χ1v) is 10.6. The molecule has 2 aromatic rings. The Morgan fingerprint density at radius 2 is 1.90 bits per heavy atom. The topological polar surface area (TPSA) is 93.9 Å². The van der Waals surface area contributed by atoms with Crippen LogP contribution in [0.25, 0.3) is 0 Å². The number of nitrogens with one attached hydrogen (secondary N) is 1. The van der Waals surface area contributed by atoms with Crippen LogP contribution in [0.2, 0.25) is 0 Å². The zero-order valence-corrected chi connectivity index (χ0v) is 18.0. The molecule has 0 aromatic heterocycles. The van der Waals surface area contributed by atoms with Crippen LogP contribution in [-0.4, -0.2) is 36.6 Å². The van der Waals surface area contributed by atoms with E-state index in [2.05, 4.69) is 19.2 Å². The van der Waals surface area contributed by atoms with Gasteiger partial charge in [-0.1, -0.05) is 26.0 Å². The van der Waals surface area contributed by atoms with E-state index in [0.29, 0.717) is 42.4 Å².